The minimum Gasteiger partial charge on any atom is -0.329 e. The number of nitrogens with zero attached hydrogens (tertiary/aromatic N) is 1. The predicted molar refractivity (Wildman–Crippen MR) is 55.5 cm³/mol. The van der Waals surface area contributed by atoms with Crippen LogP contribution in [0.25, 0.3) is 0 Å². The van der Waals surface area contributed by atoms with Crippen LogP contribution in [-0.2, 0) is 0 Å². The van der Waals surface area contributed by atoms with Gasteiger partial charge in [0.05, 0.1) is 0 Å². The molecule has 7 heteroatoms. The number of hydrogen-bond acceptors (Lipinski definition) is 2. The van der Waals surface area contributed by atoms with Crippen LogP contribution in [0.4, 0.5) is 18.0 Å². The van der Waals surface area contributed by atoms with Crippen LogP contribution in [-0.4, -0.2) is 49.3 Å². The third-order valence-corrected chi connectivity index (χ3v) is 3.38. The van der Waals surface area contributed by atoms with Crippen LogP contribution >= 0.6 is 0 Å². The molecule has 2 unspecified atom stereocenters. The zero-order chi connectivity index (χ0) is 12.5. The standard InChI is InChI=1S/C10H16F3N3O/c11-10(12,13)6-15-9(17)16-3-1-2-7-4-14-5-8(7)16/h7-8,14H,1-6H2,(H,15,17). The minimum absolute atomic E-state index is 0.0528. The van der Waals surface area contributed by atoms with Crippen LogP contribution < -0.4 is 10.6 Å². The van der Waals surface area contributed by atoms with Gasteiger partial charge in [-0.05, 0) is 18.8 Å². The highest BCUT2D eigenvalue weighted by atomic mass is 19.4. The van der Waals surface area contributed by atoms with E-state index in [0.717, 1.165) is 19.4 Å². The van der Waals surface area contributed by atoms with Gasteiger partial charge in [0.25, 0.3) is 0 Å². The van der Waals surface area contributed by atoms with Crippen molar-refractivity contribution < 1.29 is 18.0 Å². The normalized spacial score (nSPS) is 29.0. The molecule has 0 aliphatic carbocycles. The number of rotatable bonds is 1. The van der Waals surface area contributed by atoms with Gasteiger partial charge in [0.1, 0.15) is 6.54 Å². The molecule has 2 aliphatic rings. The lowest BCUT2D eigenvalue weighted by molar-refractivity contribution is -0.123. The van der Waals surface area contributed by atoms with Crippen LogP contribution in [0, 0.1) is 5.92 Å². The highest BCUT2D eigenvalue weighted by Crippen LogP contribution is 2.26. The second-order valence-electron chi connectivity index (χ2n) is 4.60. The van der Waals surface area contributed by atoms with Gasteiger partial charge in [-0.25, -0.2) is 4.79 Å². The van der Waals surface area contributed by atoms with Gasteiger partial charge in [-0.2, -0.15) is 13.2 Å². The summed E-state index contributed by atoms with van der Waals surface area (Å²) in [6.45, 7) is 0.831. The largest absolute Gasteiger partial charge is 0.405 e. The number of amides is 2. The summed E-state index contributed by atoms with van der Waals surface area (Å²) in [7, 11) is 0. The van der Waals surface area contributed by atoms with Crippen LogP contribution in [0.1, 0.15) is 12.8 Å². The number of hydrogen-bond donors (Lipinski definition) is 2. The fraction of sp³-hybridized carbons (Fsp3) is 0.900. The highest BCUT2D eigenvalue weighted by molar-refractivity contribution is 5.74. The summed E-state index contributed by atoms with van der Waals surface area (Å²) >= 11 is 0. The molecule has 2 fully saturated rings. The quantitative estimate of drug-likeness (QED) is 0.728. The Bertz CT molecular complexity index is 295. The van der Waals surface area contributed by atoms with Crippen molar-refractivity contribution in [2.75, 3.05) is 26.2 Å². The molecular formula is C10H16F3N3O. The van der Waals surface area contributed by atoms with E-state index in [0.29, 0.717) is 19.0 Å². The molecule has 2 aliphatic heterocycles. The number of nitrogens with one attached hydrogen (secondary N) is 2. The zero-order valence-corrected chi connectivity index (χ0v) is 9.39. The van der Waals surface area contributed by atoms with Gasteiger partial charge in [0, 0.05) is 25.7 Å². The van der Waals surface area contributed by atoms with Gasteiger partial charge in [0.15, 0.2) is 0 Å². The smallest absolute Gasteiger partial charge is 0.329 e. The molecule has 2 saturated heterocycles. The molecule has 0 aromatic carbocycles. The second kappa shape index (κ2) is 4.72. The predicted octanol–water partition coefficient (Wildman–Crippen LogP) is 0.942. The third kappa shape index (κ3) is 3.02. The number of fused-ring (bicyclic) bond motifs is 1. The summed E-state index contributed by atoms with van der Waals surface area (Å²) in [5, 5.41) is 5.12. The van der Waals surface area contributed by atoms with E-state index in [-0.39, 0.29) is 6.04 Å². The monoisotopic (exact) mass is 251 g/mol. The van der Waals surface area contributed by atoms with Crippen molar-refractivity contribution in [2.45, 2.75) is 25.1 Å². The number of halogens is 3. The molecule has 2 amide bonds. The molecule has 2 heterocycles. The van der Waals surface area contributed by atoms with E-state index in [1.54, 1.807) is 4.90 Å². The Morgan fingerprint density at radius 3 is 2.88 bits per heavy atom. The zero-order valence-electron chi connectivity index (χ0n) is 9.39. The Morgan fingerprint density at radius 1 is 1.41 bits per heavy atom. The molecule has 4 nitrogen and oxygen atoms in total. The number of alkyl halides is 3. The van der Waals surface area contributed by atoms with Crippen molar-refractivity contribution in [3.8, 4) is 0 Å². The molecule has 0 saturated carbocycles. The molecular weight excluding hydrogens is 235 g/mol. The molecule has 0 radical (unpaired) electrons. The van der Waals surface area contributed by atoms with Crippen LogP contribution in [0.3, 0.4) is 0 Å². The van der Waals surface area contributed by atoms with Gasteiger partial charge < -0.3 is 15.5 Å². The average molecular weight is 251 g/mol. The maximum Gasteiger partial charge on any atom is 0.405 e. The number of carbonyl (C=O) groups is 1. The average Bonchev–Trinajstić information content (AvgIpc) is 2.72. The van der Waals surface area contributed by atoms with Crippen molar-refractivity contribution in [1.82, 2.24) is 15.5 Å². The molecule has 2 rings (SSSR count). The fourth-order valence-corrected chi connectivity index (χ4v) is 2.60. The van der Waals surface area contributed by atoms with E-state index in [2.05, 4.69) is 5.32 Å². The summed E-state index contributed by atoms with van der Waals surface area (Å²) in [6.07, 6.45) is -2.44. The van der Waals surface area contributed by atoms with Crippen molar-refractivity contribution in [2.24, 2.45) is 5.92 Å². The van der Waals surface area contributed by atoms with E-state index in [9.17, 15) is 18.0 Å². The lowest BCUT2D eigenvalue weighted by Crippen LogP contribution is -2.53. The molecule has 2 atom stereocenters. The lowest BCUT2D eigenvalue weighted by Gasteiger charge is -2.37. The van der Waals surface area contributed by atoms with E-state index in [1.165, 1.54) is 0 Å². The Hall–Kier alpha value is -0.980. The summed E-state index contributed by atoms with van der Waals surface area (Å²) < 4.78 is 36.0. The SMILES string of the molecule is O=C(NCC(F)(F)F)N1CCCC2CNCC21. The van der Waals surface area contributed by atoms with Crippen molar-refractivity contribution in [3.63, 3.8) is 0 Å². The maximum atomic E-state index is 12.0. The first-order valence-corrected chi connectivity index (χ1v) is 5.79. The van der Waals surface area contributed by atoms with Gasteiger partial charge in [-0.3, -0.25) is 0 Å². The van der Waals surface area contributed by atoms with Crippen molar-refractivity contribution in [3.05, 3.63) is 0 Å². The summed E-state index contributed by atoms with van der Waals surface area (Å²) in [5.74, 6) is 0.389. The number of carbonyl (C=O) groups excluding carboxylic acids is 1. The molecule has 17 heavy (non-hydrogen) atoms. The third-order valence-electron chi connectivity index (χ3n) is 3.38. The van der Waals surface area contributed by atoms with Crippen molar-refractivity contribution >= 4 is 6.03 Å². The van der Waals surface area contributed by atoms with Gasteiger partial charge in [-0.15, -0.1) is 0 Å². The Balaban J connectivity index is 1.90. The van der Waals surface area contributed by atoms with E-state index < -0.39 is 18.8 Å². The van der Waals surface area contributed by atoms with Gasteiger partial charge in [0.2, 0.25) is 0 Å². The van der Waals surface area contributed by atoms with Crippen LogP contribution in [0.5, 0.6) is 0 Å². The van der Waals surface area contributed by atoms with E-state index in [4.69, 9.17) is 0 Å². The first-order valence-electron chi connectivity index (χ1n) is 5.79. The molecule has 0 spiro atoms. The first kappa shape index (κ1) is 12.5. The minimum atomic E-state index is -4.35. The molecule has 0 bridgehead atoms. The van der Waals surface area contributed by atoms with Gasteiger partial charge >= 0.3 is 12.2 Å². The first-order chi connectivity index (χ1) is 7.97. The molecule has 0 aromatic heterocycles. The fourth-order valence-electron chi connectivity index (χ4n) is 2.60. The molecule has 2 N–H and O–H groups in total. The summed E-state index contributed by atoms with van der Waals surface area (Å²) in [5.41, 5.74) is 0. The van der Waals surface area contributed by atoms with Crippen LogP contribution in [0.2, 0.25) is 0 Å². The molecule has 98 valence electrons. The van der Waals surface area contributed by atoms with E-state index in [1.807, 2.05) is 5.32 Å². The maximum absolute atomic E-state index is 12.0. The number of urea groups is 1. The Kier molecular flexibility index (Phi) is 3.46. The highest BCUT2D eigenvalue weighted by Gasteiger charge is 2.38. The molecule has 0 aromatic rings. The summed E-state index contributed by atoms with van der Waals surface area (Å²) in [4.78, 5) is 13.2. The van der Waals surface area contributed by atoms with E-state index >= 15 is 0 Å². The number of likely N-dealkylation sites (tertiary alicyclic amines) is 1. The topological polar surface area (TPSA) is 44.4 Å². The second-order valence-corrected chi connectivity index (χ2v) is 4.60. The van der Waals surface area contributed by atoms with Crippen molar-refractivity contribution in [1.29, 1.82) is 0 Å². The van der Waals surface area contributed by atoms with Crippen LogP contribution in [0.15, 0.2) is 0 Å². The summed E-state index contributed by atoms with van der Waals surface area (Å²) in [6, 6.07) is -0.544. The van der Waals surface area contributed by atoms with Gasteiger partial charge in [-0.1, -0.05) is 0 Å². The Labute approximate surface area is 97.5 Å². The Morgan fingerprint density at radius 2 is 2.18 bits per heavy atom. The number of piperidine rings is 1. The lowest BCUT2D eigenvalue weighted by atomic mass is 9.92.